The smallest absolute Gasteiger partial charge is 0.226 e. The van der Waals surface area contributed by atoms with Crippen molar-refractivity contribution in [3.05, 3.63) is 114 Å². The number of carbonyl (C=O) groups is 1. The minimum Gasteiger partial charge on any atom is -0.330 e. The van der Waals surface area contributed by atoms with Crippen molar-refractivity contribution in [3.63, 3.8) is 0 Å². The van der Waals surface area contributed by atoms with Crippen LogP contribution in [0, 0.1) is 23.1 Å². The van der Waals surface area contributed by atoms with Crippen molar-refractivity contribution in [3.8, 4) is 6.07 Å². The Balaban J connectivity index is 2.30. The van der Waals surface area contributed by atoms with Gasteiger partial charge < -0.3 is 10.2 Å². The highest BCUT2D eigenvalue weighted by atomic mass is 19.1. The van der Waals surface area contributed by atoms with Gasteiger partial charge in [-0.15, -0.1) is 0 Å². The van der Waals surface area contributed by atoms with E-state index in [9.17, 15) is 14.4 Å². The van der Waals surface area contributed by atoms with Crippen LogP contribution in [0.4, 0.5) is 10.1 Å². The maximum atomic E-state index is 13.6. The van der Waals surface area contributed by atoms with Gasteiger partial charge in [-0.3, -0.25) is 10.1 Å². The fourth-order valence-corrected chi connectivity index (χ4v) is 3.17. The van der Waals surface area contributed by atoms with Crippen LogP contribution in [0.3, 0.4) is 0 Å². The zero-order chi connectivity index (χ0) is 25.1. The van der Waals surface area contributed by atoms with Crippen LogP contribution in [0.5, 0.6) is 0 Å². The molecule has 0 unspecified atom stereocenters. The van der Waals surface area contributed by atoms with Crippen LogP contribution in [-0.4, -0.2) is 12.6 Å². The number of nitrogens with zero attached hydrogens (tertiary/aromatic N) is 2. The van der Waals surface area contributed by atoms with Crippen molar-refractivity contribution < 1.29 is 9.18 Å². The molecule has 6 heteroatoms. The highest BCUT2D eigenvalue weighted by molar-refractivity contribution is 5.79. The van der Waals surface area contributed by atoms with Gasteiger partial charge in [0.2, 0.25) is 5.91 Å². The molecule has 0 aliphatic heterocycles. The zero-order valence-corrected chi connectivity index (χ0v) is 19.9. The van der Waals surface area contributed by atoms with Crippen molar-refractivity contribution in [2.24, 2.45) is 5.92 Å². The molecule has 2 aromatic rings. The molecule has 0 spiro atoms. The van der Waals surface area contributed by atoms with E-state index < -0.39 is 0 Å². The molecule has 0 heterocycles. The number of allylic oxidation sites excluding steroid dienone is 4. The van der Waals surface area contributed by atoms with E-state index >= 15 is 0 Å². The van der Waals surface area contributed by atoms with Gasteiger partial charge in [-0.2, -0.15) is 5.26 Å². The van der Waals surface area contributed by atoms with E-state index in [1.165, 1.54) is 12.1 Å². The Bertz CT molecular complexity index is 1120. The number of benzene rings is 2. The Labute approximate surface area is 201 Å². The molecule has 0 bridgehead atoms. The largest absolute Gasteiger partial charge is 0.330 e. The highest BCUT2D eigenvalue weighted by Crippen LogP contribution is 2.24. The number of nitriles is 1. The third-order valence-electron chi connectivity index (χ3n) is 5.03. The standard InChI is InChI=1S/C28H31FN4O/c1-6-9-23(16-21(4)32-28(34)20(2)3)22(5)33(27-14-12-26(29)13-15-27)19-31-18-25-11-8-7-10-24(25)17-30/h6-16,20,31H,1,5,18-19H2,2-4H3,(H,32,34)/b21-16+,23-9+. The van der Waals surface area contributed by atoms with E-state index in [1.54, 1.807) is 30.4 Å². The van der Waals surface area contributed by atoms with E-state index in [-0.39, 0.29) is 17.6 Å². The molecule has 1 amide bonds. The molecule has 0 saturated heterocycles. The van der Waals surface area contributed by atoms with Crippen molar-refractivity contribution in [2.45, 2.75) is 27.3 Å². The third-order valence-corrected chi connectivity index (χ3v) is 5.03. The van der Waals surface area contributed by atoms with E-state index in [0.29, 0.717) is 30.2 Å². The Hall–Kier alpha value is -3.95. The molecule has 0 aliphatic rings. The van der Waals surface area contributed by atoms with Crippen LogP contribution >= 0.6 is 0 Å². The number of nitrogens with one attached hydrogen (secondary N) is 2. The number of rotatable bonds is 11. The lowest BCUT2D eigenvalue weighted by atomic mass is 10.1. The van der Waals surface area contributed by atoms with Crippen molar-refractivity contribution >= 4 is 11.6 Å². The van der Waals surface area contributed by atoms with Crippen LogP contribution in [0.2, 0.25) is 0 Å². The van der Waals surface area contributed by atoms with Crippen LogP contribution in [0.1, 0.15) is 31.9 Å². The minimum atomic E-state index is -0.334. The van der Waals surface area contributed by atoms with Gasteiger partial charge in [0.25, 0.3) is 0 Å². The fourth-order valence-electron chi connectivity index (χ4n) is 3.17. The summed E-state index contributed by atoms with van der Waals surface area (Å²) >= 11 is 0. The second-order valence-corrected chi connectivity index (χ2v) is 8.03. The number of hydrogen-bond acceptors (Lipinski definition) is 4. The predicted molar refractivity (Wildman–Crippen MR) is 136 cm³/mol. The van der Waals surface area contributed by atoms with Crippen LogP contribution in [0.15, 0.2) is 96.9 Å². The molecule has 0 radical (unpaired) electrons. The summed E-state index contributed by atoms with van der Waals surface area (Å²) in [6.45, 7) is 14.3. The van der Waals surface area contributed by atoms with E-state index in [0.717, 1.165) is 16.8 Å². The van der Waals surface area contributed by atoms with E-state index in [1.807, 2.05) is 49.9 Å². The lowest BCUT2D eigenvalue weighted by molar-refractivity contribution is -0.123. The summed E-state index contributed by atoms with van der Waals surface area (Å²) in [4.78, 5) is 14.0. The van der Waals surface area contributed by atoms with Gasteiger partial charge in [-0.1, -0.05) is 57.4 Å². The van der Waals surface area contributed by atoms with Crippen molar-refractivity contribution in [1.82, 2.24) is 10.6 Å². The summed E-state index contributed by atoms with van der Waals surface area (Å²) in [6, 6.07) is 15.7. The molecular weight excluding hydrogens is 427 g/mol. The SMILES string of the molecule is C=C/C=C(\C=C(/C)NC(=O)C(C)C)C(=C)N(CNCc1ccccc1C#N)c1ccc(F)cc1. The average Bonchev–Trinajstić information content (AvgIpc) is 2.82. The molecule has 2 aromatic carbocycles. The fraction of sp³-hybridized carbons (Fsp3) is 0.214. The highest BCUT2D eigenvalue weighted by Gasteiger charge is 2.15. The molecule has 2 rings (SSSR count). The minimum absolute atomic E-state index is 0.0782. The Morgan fingerprint density at radius 2 is 1.88 bits per heavy atom. The molecule has 34 heavy (non-hydrogen) atoms. The lowest BCUT2D eigenvalue weighted by Gasteiger charge is -2.28. The Morgan fingerprint density at radius 3 is 2.50 bits per heavy atom. The van der Waals surface area contributed by atoms with Gasteiger partial charge >= 0.3 is 0 Å². The predicted octanol–water partition coefficient (Wildman–Crippen LogP) is 5.55. The monoisotopic (exact) mass is 458 g/mol. The van der Waals surface area contributed by atoms with Gasteiger partial charge in [0, 0.05) is 29.5 Å². The normalized spacial score (nSPS) is 11.6. The molecule has 176 valence electrons. The molecule has 0 fully saturated rings. The average molecular weight is 459 g/mol. The van der Waals surface area contributed by atoms with Crippen molar-refractivity contribution in [1.29, 1.82) is 5.26 Å². The maximum absolute atomic E-state index is 13.6. The number of carbonyl (C=O) groups excluding carboxylic acids is 1. The topological polar surface area (TPSA) is 68.2 Å². The number of halogens is 1. The van der Waals surface area contributed by atoms with Crippen LogP contribution < -0.4 is 15.5 Å². The first kappa shape index (κ1) is 26.3. The quantitative estimate of drug-likeness (QED) is 0.342. The summed E-state index contributed by atoms with van der Waals surface area (Å²) in [7, 11) is 0. The van der Waals surface area contributed by atoms with Gasteiger partial charge in [0.1, 0.15) is 5.82 Å². The molecule has 0 aromatic heterocycles. The second kappa shape index (κ2) is 12.9. The Kier molecular flexibility index (Phi) is 10.0. The molecule has 0 atom stereocenters. The first-order valence-corrected chi connectivity index (χ1v) is 11.0. The first-order chi connectivity index (χ1) is 16.3. The molecule has 0 saturated carbocycles. The summed E-state index contributed by atoms with van der Waals surface area (Å²) in [5.74, 6) is -0.556. The number of anilines is 1. The molecule has 2 N–H and O–H groups in total. The molecule has 0 aliphatic carbocycles. The van der Waals surface area contributed by atoms with Crippen molar-refractivity contribution in [2.75, 3.05) is 11.6 Å². The summed E-state index contributed by atoms with van der Waals surface area (Å²) < 4.78 is 13.6. The summed E-state index contributed by atoms with van der Waals surface area (Å²) in [5.41, 5.74) is 4.26. The third kappa shape index (κ3) is 7.58. The summed E-state index contributed by atoms with van der Waals surface area (Å²) in [6.07, 6.45) is 5.27. The Morgan fingerprint density at radius 1 is 1.21 bits per heavy atom. The van der Waals surface area contributed by atoms with Gasteiger partial charge in [0.05, 0.1) is 18.3 Å². The van der Waals surface area contributed by atoms with E-state index in [2.05, 4.69) is 29.9 Å². The first-order valence-electron chi connectivity index (χ1n) is 11.0. The zero-order valence-electron chi connectivity index (χ0n) is 19.9. The maximum Gasteiger partial charge on any atom is 0.226 e. The number of hydrogen-bond donors (Lipinski definition) is 2. The van der Waals surface area contributed by atoms with Crippen LogP contribution in [0.25, 0.3) is 0 Å². The van der Waals surface area contributed by atoms with Gasteiger partial charge in [-0.25, -0.2) is 4.39 Å². The summed E-state index contributed by atoms with van der Waals surface area (Å²) in [5, 5.41) is 15.6. The second-order valence-electron chi connectivity index (χ2n) is 8.03. The number of amides is 1. The van der Waals surface area contributed by atoms with Crippen LogP contribution in [-0.2, 0) is 11.3 Å². The van der Waals surface area contributed by atoms with Gasteiger partial charge in [-0.05, 0) is 54.5 Å². The van der Waals surface area contributed by atoms with E-state index in [4.69, 9.17) is 0 Å². The van der Waals surface area contributed by atoms with Gasteiger partial charge in [0.15, 0.2) is 0 Å². The molecule has 5 nitrogen and oxygen atoms in total. The lowest BCUT2D eigenvalue weighted by Crippen LogP contribution is -2.34. The molecular formula is C28H31FN4O.